The fraction of sp³-hybridized carbons (Fsp3) is 0.844. The summed E-state index contributed by atoms with van der Waals surface area (Å²) in [6.45, 7) is 5.84. The first-order valence-corrected chi connectivity index (χ1v) is 15.9. The van der Waals surface area contributed by atoms with E-state index in [1.54, 1.807) is 0 Å². The standard InChI is InChI=1S/C32H59NO6/c1-2-3-4-5-6-7-8-9-10-11-12-13-14-15-19-26-33(27-20-16-23-30(34)35,28-21-17-24-31(36)37)29-22-18-25-32(38)39/h9-10H,2-8,11-29H2,1H3,(H2-,34,35,36,37,38,39)/b10-9+. The van der Waals surface area contributed by atoms with Gasteiger partial charge in [-0.05, 0) is 83.5 Å². The topological polar surface area (TPSA) is 115 Å². The third-order valence-corrected chi connectivity index (χ3v) is 7.70. The summed E-state index contributed by atoms with van der Waals surface area (Å²) in [5, 5.41) is 28.9. The zero-order chi connectivity index (χ0) is 29.0. The number of carbonyl (C=O) groups is 3. The van der Waals surface area contributed by atoms with Crippen molar-refractivity contribution < 1.29 is 34.2 Å². The zero-order valence-electron chi connectivity index (χ0n) is 25.0. The molecule has 2 N–H and O–H groups in total. The summed E-state index contributed by atoms with van der Waals surface area (Å²) in [5.74, 6) is -2.57. The second-order valence-electron chi connectivity index (χ2n) is 11.4. The number of rotatable bonds is 30. The number of quaternary nitrogens is 1. The maximum absolute atomic E-state index is 11.0. The minimum atomic E-state index is -1.02. The molecule has 0 saturated heterocycles. The molecule has 0 aromatic rings. The molecule has 0 rings (SSSR count). The lowest BCUT2D eigenvalue weighted by Crippen LogP contribution is -2.51. The number of aliphatic carboxylic acids is 3. The van der Waals surface area contributed by atoms with Crippen LogP contribution < -0.4 is 5.11 Å². The van der Waals surface area contributed by atoms with Gasteiger partial charge in [-0.3, -0.25) is 9.59 Å². The molecule has 0 saturated carbocycles. The third kappa shape index (κ3) is 26.1. The van der Waals surface area contributed by atoms with Gasteiger partial charge in [-0.2, -0.15) is 0 Å². The summed E-state index contributed by atoms with van der Waals surface area (Å²) in [6, 6.07) is 0. The molecule has 0 unspecified atom stereocenters. The molecule has 0 aliphatic rings. The highest BCUT2D eigenvalue weighted by atomic mass is 16.4. The normalized spacial score (nSPS) is 11.8. The Hall–Kier alpha value is -1.89. The molecule has 0 atom stereocenters. The number of allylic oxidation sites excluding steroid dienone is 2. The quantitative estimate of drug-likeness (QED) is 0.0569. The van der Waals surface area contributed by atoms with Crippen molar-refractivity contribution in [2.75, 3.05) is 26.2 Å². The lowest BCUT2D eigenvalue weighted by Gasteiger charge is -2.39. The first kappa shape index (κ1) is 37.1. The number of hydrogen-bond acceptors (Lipinski definition) is 4. The minimum Gasteiger partial charge on any atom is -0.550 e. The van der Waals surface area contributed by atoms with E-state index in [0.717, 1.165) is 69.2 Å². The Kier molecular flexibility index (Phi) is 25.1. The smallest absolute Gasteiger partial charge is 0.303 e. The van der Waals surface area contributed by atoms with E-state index in [1.165, 1.54) is 64.2 Å². The van der Waals surface area contributed by atoms with Gasteiger partial charge in [0.2, 0.25) is 0 Å². The molecule has 0 aromatic carbocycles. The second kappa shape index (κ2) is 26.3. The summed E-state index contributed by atoms with van der Waals surface area (Å²) in [4.78, 5) is 32.8. The molecule has 0 aliphatic carbocycles. The Labute approximate surface area is 238 Å². The molecule has 39 heavy (non-hydrogen) atoms. The molecule has 0 radical (unpaired) electrons. The van der Waals surface area contributed by atoms with Crippen LogP contribution in [0.2, 0.25) is 0 Å². The van der Waals surface area contributed by atoms with Crippen LogP contribution in [-0.4, -0.2) is 58.8 Å². The molecule has 0 spiro atoms. The predicted octanol–water partition coefficient (Wildman–Crippen LogP) is 6.88. The van der Waals surface area contributed by atoms with Crippen molar-refractivity contribution in [2.45, 2.75) is 148 Å². The van der Waals surface area contributed by atoms with Crippen LogP contribution >= 0.6 is 0 Å². The van der Waals surface area contributed by atoms with Crippen molar-refractivity contribution in [3.05, 3.63) is 12.2 Å². The maximum atomic E-state index is 11.0. The van der Waals surface area contributed by atoms with Crippen molar-refractivity contribution >= 4 is 17.9 Å². The van der Waals surface area contributed by atoms with Crippen molar-refractivity contribution in [1.29, 1.82) is 0 Å². The van der Waals surface area contributed by atoms with E-state index in [-0.39, 0.29) is 19.3 Å². The van der Waals surface area contributed by atoms with Gasteiger partial charge in [-0.25, -0.2) is 0 Å². The second-order valence-corrected chi connectivity index (χ2v) is 11.4. The fourth-order valence-corrected chi connectivity index (χ4v) is 5.35. The summed E-state index contributed by atoms with van der Waals surface area (Å²) >= 11 is 0. The van der Waals surface area contributed by atoms with Crippen molar-refractivity contribution in [3.8, 4) is 0 Å². The Bertz CT molecular complexity index is 594. The van der Waals surface area contributed by atoms with E-state index in [4.69, 9.17) is 10.2 Å². The summed E-state index contributed by atoms with van der Waals surface area (Å²) in [7, 11) is 0. The Morgan fingerprint density at radius 2 is 0.897 bits per heavy atom. The third-order valence-electron chi connectivity index (χ3n) is 7.70. The minimum absolute atomic E-state index is 0.0609. The summed E-state index contributed by atoms with van der Waals surface area (Å²) in [5.41, 5.74) is 0. The van der Waals surface area contributed by atoms with Gasteiger partial charge in [0.15, 0.2) is 0 Å². The molecule has 7 heteroatoms. The van der Waals surface area contributed by atoms with Gasteiger partial charge in [-0.15, -0.1) is 0 Å². The van der Waals surface area contributed by atoms with E-state index in [2.05, 4.69) is 19.1 Å². The highest BCUT2D eigenvalue weighted by molar-refractivity contribution is 5.66. The van der Waals surface area contributed by atoms with Crippen molar-refractivity contribution in [1.82, 2.24) is 0 Å². The first-order chi connectivity index (χ1) is 18.8. The van der Waals surface area contributed by atoms with Gasteiger partial charge in [0.1, 0.15) is 0 Å². The van der Waals surface area contributed by atoms with Crippen LogP contribution in [0.15, 0.2) is 12.2 Å². The highest BCUT2D eigenvalue weighted by Gasteiger charge is 2.26. The van der Waals surface area contributed by atoms with Crippen LogP contribution in [0, 0.1) is 0 Å². The van der Waals surface area contributed by atoms with Crippen LogP contribution in [-0.2, 0) is 14.4 Å². The molecular formula is C32H59NO6. The molecule has 0 fully saturated rings. The molecule has 0 bridgehead atoms. The van der Waals surface area contributed by atoms with E-state index in [1.807, 2.05) is 0 Å². The first-order valence-electron chi connectivity index (χ1n) is 15.9. The summed E-state index contributed by atoms with van der Waals surface area (Å²) in [6.07, 6.45) is 25.7. The van der Waals surface area contributed by atoms with Gasteiger partial charge in [0, 0.05) is 18.8 Å². The van der Waals surface area contributed by atoms with Crippen molar-refractivity contribution in [3.63, 3.8) is 0 Å². The van der Waals surface area contributed by atoms with Gasteiger partial charge in [0.05, 0.1) is 26.2 Å². The average molecular weight is 554 g/mol. The molecule has 228 valence electrons. The predicted molar refractivity (Wildman–Crippen MR) is 156 cm³/mol. The number of unbranched alkanes of at least 4 members (excludes halogenated alkanes) is 14. The fourth-order valence-electron chi connectivity index (χ4n) is 5.35. The van der Waals surface area contributed by atoms with Crippen LogP contribution in [0.5, 0.6) is 0 Å². The Balaban J connectivity index is 4.53. The van der Waals surface area contributed by atoms with Gasteiger partial charge < -0.3 is 24.6 Å². The van der Waals surface area contributed by atoms with E-state index in [0.29, 0.717) is 19.3 Å². The lowest BCUT2D eigenvalue weighted by molar-refractivity contribution is -0.929. The monoisotopic (exact) mass is 553 g/mol. The van der Waals surface area contributed by atoms with Crippen molar-refractivity contribution in [2.24, 2.45) is 0 Å². The lowest BCUT2D eigenvalue weighted by atomic mass is 10.1. The highest BCUT2D eigenvalue weighted by Crippen LogP contribution is 2.19. The van der Waals surface area contributed by atoms with Gasteiger partial charge >= 0.3 is 11.9 Å². The van der Waals surface area contributed by atoms with Crippen LogP contribution in [0.1, 0.15) is 148 Å². The molecule has 7 nitrogen and oxygen atoms in total. The number of hydrogen-bond donors (Lipinski definition) is 2. The van der Waals surface area contributed by atoms with Crippen LogP contribution in [0.4, 0.5) is 0 Å². The molecular weight excluding hydrogens is 494 g/mol. The molecule has 0 aromatic heterocycles. The average Bonchev–Trinajstić information content (AvgIpc) is 2.89. The molecule has 0 amide bonds. The van der Waals surface area contributed by atoms with Gasteiger partial charge in [-0.1, -0.05) is 64.0 Å². The van der Waals surface area contributed by atoms with Gasteiger partial charge in [0.25, 0.3) is 0 Å². The Morgan fingerprint density at radius 3 is 1.31 bits per heavy atom. The number of carboxylic acid groups (broad SMARTS) is 3. The van der Waals surface area contributed by atoms with E-state index < -0.39 is 17.9 Å². The largest absolute Gasteiger partial charge is 0.550 e. The van der Waals surface area contributed by atoms with Crippen LogP contribution in [0.25, 0.3) is 0 Å². The zero-order valence-corrected chi connectivity index (χ0v) is 25.0. The summed E-state index contributed by atoms with van der Waals surface area (Å²) < 4.78 is 0.841. The molecule has 0 heterocycles. The SMILES string of the molecule is CCCCCCCC/C=C/CCCCCCC[N+](CCCCC(=O)[O-])(CCCCC(=O)O)CCCCC(=O)O. The maximum Gasteiger partial charge on any atom is 0.303 e. The molecule has 0 aliphatic heterocycles. The van der Waals surface area contributed by atoms with Crippen LogP contribution in [0.3, 0.4) is 0 Å². The number of nitrogens with zero attached hydrogens (tertiary/aromatic N) is 1. The number of carbonyl (C=O) groups excluding carboxylic acids is 1. The van der Waals surface area contributed by atoms with E-state index in [9.17, 15) is 19.5 Å². The number of carboxylic acids is 3. The Morgan fingerprint density at radius 1 is 0.538 bits per heavy atom. The van der Waals surface area contributed by atoms with E-state index >= 15 is 0 Å².